The van der Waals surface area contributed by atoms with Crippen molar-refractivity contribution >= 4 is 17.3 Å². The topological polar surface area (TPSA) is 32.3 Å². The Labute approximate surface area is 119 Å². The molecule has 0 heterocycles. The van der Waals surface area contributed by atoms with E-state index >= 15 is 0 Å². The molecule has 100 valence electrons. The highest BCUT2D eigenvalue weighted by atomic mass is 35.5. The predicted octanol–water partition coefficient (Wildman–Crippen LogP) is 3.67. The first-order chi connectivity index (χ1) is 9.19. The summed E-state index contributed by atoms with van der Waals surface area (Å²) >= 11 is 5.55. The molecule has 0 aliphatic rings. The van der Waals surface area contributed by atoms with Crippen LogP contribution in [0.3, 0.4) is 0 Å². The summed E-state index contributed by atoms with van der Waals surface area (Å²) in [5, 5.41) is 12.5. The van der Waals surface area contributed by atoms with Crippen LogP contribution in [0.25, 0.3) is 11.1 Å². The van der Waals surface area contributed by atoms with Gasteiger partial charge in [-0.2, -0.15) is 0 Å². The minimum absolute atomic E-state index is 0.244. The molecule has 0 saturated heterocycles. The van der Waals surface area contributed by atoms with E-state index in [1.807, 2.05) is 12.1 Å². The van der Waals surface area contributed by atoms with Gasteiger partial charge in [0, 0.05) is 12.2 Å². The van der Waals surface area contributed by atoms with Crippen molar-refractivity contribution in [3.8, 4) is 11.1 Å². The molecule has 0 aliphatic carbocycles. The standard InChI is InChI=1S/C16H18ClNO/c1-12-3-2-4-14(9-12)13-5-7-15(8-6-13)18-11-16(19)10-17/h2-9,16,18-19H,10-11H2,1H3. The molecule has 0 saturated carbocycles. The van der Waals surface area contributed by atoms with E-state index in [1.54, 1.807) is 0 Å². The average molecular weight is 276 g/mol. The van der Waals surface area contributed by atoms with Gasteiger partial charge in [-0.25, -0.2) is 0 Å². The van der Waals surface area contributed by atoms with Crippen LogP contribution in [0.4, 0.5) is 5.69 Å². The lowest BCUT2D eigenvalue weighted by Crippen LogP contribution is -2.20. The van der Waals surface area contributed by atoms with Crippen molar-refractivity contribution in [2.75, 3.05) is 17.7 Å². The fourth-order valence-corrected chi connectivity index (χ4v) is 2.00. The molecule has 1 atom stereocenters. The van der Waals surface area contributed by atoms with Gasteiger partial charge in [-0.3, -0.25) is 0 Å². The molecule has 0 fully saturated rings. The molecular formula is C16H18ClNO. The van der Waals surface area contributed by atoms with Crippen molar-refractivity contribution < 1.29 is 5.11 Å². The van der Waals surface area contributed by atoms with Crippen molar-refractivity contribution in [3.05, 3.63) is 54.1 Å². The maximum Gasteiger partial charge on any atom is 0.0847 e. The third kappa shape index (κ3) is 3.98. The Hall–Kier alpha value is -1.51. The van der Waals surface area contributed by atoms with E-state index in [9.17, 15) is 5.11 Å². The molecule has 0 spiro atoms. The van der Waals surface area contributed by atoms with E-state index in [1.165, 1.54) is 16.7 Å². The smallest absolute Gasteiger partial charge is 0.0847 e. The summed E-state index contributed by atoms with van der Waals surface area (Å²) in [4.78, 5) is 0. The monoisotopic (exact) mass is 275 g/mol. The van der Waals surface area contributed by atoms with Crippen LogP contribution in [0, 0.1) is 6.92 Å². The van der Waals surface area contributed by atoms with Crippen LogP contribution in [-0.4, -0.2) is 23.6 Å². The van der Waals surface area contributed by atoms with Gasteiger partial charge in [0.2, 0.25) is 0 Å². The molecule has 1 unspecified atom stereocenters. The van der Waals surface area contributed by atoms with E-state index in [-0.39, 0.29) is 5.88 Å². The first-order valence-electron chi connectivity index (χ1n) is 6.34. The Morgan fingerprint density at radius 2 is 1.84 bits per heavy atom. The fourth-order valence-electron chi connectivity index (χ4n) is 1.90. The van der Waals surface area contributed by atoms with Crippen LogP contribution >= 0.6 is 11.6 Å². The molecule has 0 aromatic heterocycles. The number of rotatable bonds is 5. The van der Waals surface area contributed by atoms with E-state index < -0.39 is 6.10 Å². The maximum absolute atomic E-state index is 9.39. The lowest BCUT2D eigenvalue weighted by molar-refractivity contribution is 0.211. The molecule has 19 heavy (non-hydrogen) atoms. The Balaban J connectivity index is 2.06. The number of aliphatic hydroxyl groups excluding tert-OH is 1. The summed E-state index contributed by atoms with van der Waals surface area (Å²) in [6.07, 6.45) is -0.516. The second-order valence-corrected chi connectivity index (χ2v) is 4.94. The number of aliphatic hydroxyl groups is 1. The summed E-state index contributed by atoms with van der Waals surface area (Å²) in [5.41, 5.74) is 4.64. The molecule has 0 aliphatic heterocycles. The number of hydrogen-bond donors (Lipinski definition) is 2. The Morgan fingerprint density at radius 3 is 2.47 bits per heavy atom. The lowest BCUT2D eigenvalue weighted by atomic mass is 10.0. The first kappa shape index (κ1) is 13.9. The Morgan fingerprint density at radius 1 is 1.11 bits per heavy atom. The third-order valence-electron chi connectivity index (χ3n) is 2.96. The summed E-state index contributed by atoms with van der Waals surface area (Å²) in [7, 11) is 0. The zero-order valence-electron chi connectivity index (χ0n) is 10.9. The van der Waals surface area contributed by atoms with Crippen molar-refractivity contribution in [3.63, 3.8) is 0 Å². The number of aryl methyl sites for hydroxylation is 1. The molecule has 2 rings (SSSR count). The molecule has 3 heteroatoms. The highest BCUT2D eigenvalue weighted by Crippen LogP contribution is 2.22. The minimum Gasteiger partial charge on any atom is -0.390 e. The van der Waals surface area contributed by atoms with Gasteiger partial charge in [0.25, 0.3) is 0 Å². The van der Waals surface area contributed by atoms with Crippen LogP contribution in [0.1, 0.15) is 5.56 Å². The van der Waals surface area contributed by atoms with E-state index in [0.717, 1.165) is 5.69 Å². The van der Waals surface area contributed by atoms with Crippen LogP contribution in [0.5, 0.6) is 0 Å². The van der Waals surface area contributed by atoms with Crippen molar-refractivity contribution in [2.45, 2.75) is 13.0 Å². The predicted molar refractivity (Wildman–Crippen MR) is 81.8 cm³/mol. The zero-order valence-corrected chi connectivity index (χ0v) is 11.7. The molecule has 2 nitrogen and oxygen atoms in total. The number of nitrogens with one attached hydrogen (secondary N) is 1. The molecule has 2 aromatic carbocycles. The number of hydrogen-bond acceptors (Lipinski definition) is 2. The number of alkyl halides is 1. The van der Waals surface area contributed by atoms with Crippen LogP contribution in [-0.2, 0) is 0 Å². The third-order valence-corrected chi connectivity index (χ3v) is 3.31. The SMILES string of the molecule is Cc1cccc(-c2ccc(NCC(O)CCl)cc2)c1. The number of halogens is 1. The van der Waals surface area contributed by atoms with Gasteiger partial charge < -0.3 is 10.4 Å². The molecule has 0 radical (unpaired) electrons. The second-order valence-electron chi connectivity index (χ2n) is 4.64. The van der Waals surface area contributed by atoms with Gasteiger partial charge in [-0.05, 0) is 30.2 Å². The van der Waals surface area contributed by atoms with Crippen LogP contribution < -0.4 is 5.32 Å². The Kier molecular flexibility index (Phi) is 4.83. The average Bonchev–Trinajstić information content (AvgIpc) is 2.45. The van der Waals surface area contributed by atoms with Crippen molar-refractivity contribution in [1.82, 2.24) is 0 Å². The highest BCUT2D eigenvalue weighted by molar-refractivity contribution is 6.18. The van der Waals surface area contributed by atoms with Gasteiger partial charge >= 0.3 is 0 Å². The molecule has 0 amide bonds. The normalized spacial score (nSPS) is 12.2. The van der Waals surface area contributed by atoms with Gasteiger partial charge in [0.15, 0.2) is 0 Å². The lowest BCUT2D eigenvalue weighted by Gasteiger charge is -2.10. The molecule has 2 aromatic rings. The van der Waals surface area contributed by atoms with E-state index in [0.29, 0.717) is 6.54 Å². The fraction of sp³-hybridized carbons (Fsp3) is 0.250. The summed E-state index contributed by atoms with van der Waals surface area (Å²) in [6.45, 7) is 2.56. The van der Waals surface area contributed by atoms with Crippen LogP contribution in [0.2, 0.25) is 0 Å². The van der Waals surface area contributed by atoms with Gasteiger partial charge in [-0.1, -0.05) is 42.0 Å². The minimum atomic E-state index is -0.516. The van der Waals surface area contributed by atoms with E-state index in [4.69, 9.17) is 11.6 Å². The largest absolute Gasteiger partial charge is 0.390 e. The quantitative estimate of drug-likeness (QED) is 0.816. The summed E-state index contributed by atoms with van der Waals surface area (Å²) in [6, 6.07) is 16.6. The maximum atomic E-state index is 9.39. The molecular weight excluding hydrogens is 258 g/mol. The van der Waals surface area contributed by atoms with E-state index in [2.05, 4.69) is 48.6 Å². The van der Waals surface area contributed by atoms with Gasteiger partial charge in [-0.15, -0.1) is 11.6 Å². The Bertz CT molecular complexity index is 525. The highest BCUT2D eigenvalue weighted by Gasteiger charge is 2.02. The summed E-state index contributed by atoms with van der Waals surface area (Å²) in [5.74, 6) is 0.244. The van der Waals surface area contributed by atoms with Gasteiger partial charge in [0.1, 0.15) is 0 Å². The van der Waals surface area contributed by atoms with Crippen molar-refractivity contribution in [1.29, 1.82) is 0 Å². The molecule has 0 bridgehead atoms. The van der Waals surface area contributed by atoms with Crippen molar-refractivity contribution in [2.24, 2.45) is 0 Å². The summed E-state index contributed by atoms with van der Waals surface area (Å²) < 4.78 is 0. The zero-order chi connectivity index (χ0) is 13.7. The first-order valence-corrected chi connectivity index (χ1v) is 6.87. The molecule has 2 N–H and O–H groups in total. The second kappa shape index (κ2) is 6.60. The van der Waals surface area contributed by atoms with Crippen LogP contribution in [0.15, 0.2) is 48.5 Å². The number of benzene rings is 2. The number of anilines is 1. The van der Waals surface area contributed by atoms with Gasteiger partial charge in [0.05, 0.1) is 12.0 Å².